The molecule has 24 heavy (non-hydrogen) atoms. The van der Waals surface area contributed by atoms with Crippen LogP contribution >= 0.6 is 0 Å². The number of carbonyl (C=O) groups excluding carboxylic acids is 3. The number of hydrogen-bond donors (Lipinski definition) is 2. The van der Waals surface area contributed by atoms with E-state index in [2.05, 4.69) is 4.84 Å². The molecule has 0 aromatic heterocycles. The van der Waals surface area contributed by atoms with E-state index in [0.29, 0.717) is 24.5 Å². The highest BCUT2D eigenvalue weighted by molar-refractivity contribution is 6.01. The first-order chi connectivity index (χ1) is 11.6. The molecule has 0 aromatic carbocycles. The van der Waals surface area contributed by atoms with Crippen molar-refractivity contribution >= 4 is 18.0 Å². The van der Waals surface area contributed by atoms with Gasteiger partial charge in [-0.15, -0.1) is 0 Å². The van der Waals surface area contributed by atoms with Gasteiger partial charge in [0.05, 0.1) is 6.61 Å². The number of hydrogen-bond acceptors (Lipinski definition) is 9. The maximum atomic E-state index is 11.5. The number of ether oxygens (including phenoxy) is 3. The van der Waals surface area contributed by atoms with Crippen molar-refractivity contribution in [3.63, 3.8) is 0 Å². The Labute approximate surface area is 139 Å². The summed E-state index contributed by atoms with van der Waals surface area (Å²) >= 11 is 0. The van der Waals surface area contributed by atoms with Gasteiger partial charge in [0.15, 0.2) is 0 Å². The fourth-order valence-electron chi connectivity index (χ4n) is 1.76. The molecule has 0 saturated carbocycles. The fraction of sp³-hybridized carbons (Fsp3) is 0.786. The minimum Gasteiger partial charge on any atom is -0.430 e. The van der Waals surface area contributed by atoms with Crippen LogP contribution in [0, 0.1) is 0 Å². The molecule has 1 heterocycles. The molecule has 2 N–H and O–H groups in total. The van der Waals surface area contributed by atoms with Crippen LogP contribution in [-0.4, -0.2) is 79.0 Å². The van der Waals surface area contributed by atoms with Gasteiger partial charge >= 0.3 is 6.16 Å². The molecule has 1 aliphatic rings. The lowest BCUT2D eigenvalue weighted by atomic mass is 10.4. The zero-order chi connectivity index (χ0) is 17.8. The third-order valence-electron chi connectivity index (χ3n) is 2.97. The SMILES string of the molecule is O=C(OCC(COCCCO)OCCCO)ON1C(=O)CCC1=O. The van der Waals surface area contributed by atoms with Gasteiger partial charge in [-0.3, -0.25) is 14.4 Å². The molecule has 0 aliphatic carbocycles. The Hall–Kier alpha value is -1.75. The summed E-state index contributed by atoms with van der Waals surface area (Å²) in [5.41, 5.74) is 0. The van der Waals surface area contributed by atoms with Crippen LogP contribution in [0.1, 0.15) is 25.7 Å². The van der Waals surface area contributed by atoms with Gasteiger partial charge in [-0.1, -0.05) is 5.06 Å². The largest absolute Gasteiger partial charge is 0.534 e. The van der Waals surface area contributed by atoms with Gasteiger partial charge in [0, 0.05) is 39.3 Å². The predicted octanol–water partition coefficient (Wildman–Crippen LogP) is -0.630. The number of rotatable bonds is 12. The maximum Gasteiger partial charge on any atom is 0.534 e. The van der Waals surface area contributed by atoms with Crippen molar-refractivity contribution < 1.29 is 43.6 Å². The van der Waals surface area contributed by atoms with Crippen LogP contribution in [-0.2, 0) is 28.6 Å². The van der Waals surface area contributed by atoms with E-state index < -0.39 is 24.1 Å². The van der Waals surface area contributed by atoms with Gasteiger partial charge in [0.25, 0.3) is 11.8 Å². The molecule has 1 atom stereocenters. The van der Waals surface area contributed by atoms with Crippen LogP contribution in [0.3, 0.4) is 0 Å². The van der Waals surface area contributed by atoms with E-state index in [1.54, 1.807) is 0 Å². The molecule has 10 heteroatoms. The van der Waals surface area contributed by atoms with Crippen LogP contribution in [0.4, 0.5) is 4.79 Å². The molecular formula is C14H23NO9. The van der Waals surface area contributed by atoms with Gasteiger partial charge in [-0.2, -0.15) is 0 Å². The quantitative estimate of drug-likeness (QED) is 0.268. The number of carbonyl (C=O) groups is 3. The third-order valence-corrected chi connectivity index (χ3v) is 2.97. The van der Waals surface area contributed by atoms with Crippen molar-refractivity contribution in [3.8, 4) is 0 Å². The third kappa shape index (κ3) is 7.68. The second kappa shape index (κ2) is 11.7. The Morgan fingerprint density at radius 2 is 1.67 bits per heavy atom. The molecule has 0 radical (unpaired) electrons. The molecule has 1 rings (SSSR count). The van der Waals surface area contributed by atoms with E-state index in [1.165, 1.54) is 0 Å². The number of nitrogens with zero attached hydrogens (tertiary/aromatic N) is 1. The van der Waals surface area contributed by atoms with E-state index in [9.17, 15) is 14.4 Å². The van der Waals surface area contributed by atoms with Gasteiger partial charge < -0.3 is 24.4 Å². The molecule has 1 aliphatic heterocycles. The maximum absolute atomic E-state index is 11.5. The van der Waals surface area contributed by atoms with Crippen molar-refractivity contribution in [2.24, 2.45) is 0 Å². The normalized spacial score (nSPS) is 15.7. The number of aliphatic hydroxyl groups is 2. The molecule has 1 unspecified atom stereocenters. The van der Waals surface area contributed by atoms with E-state index >= 15 is 0 Å². The molecule has 0 aromatic rings. The molecule has 1 fully saturated rings. The number of imide groups is 1. The Morgan fingerprint density at radius 1 is 1.04 bits per heavy atom. The first-order valence-electron chi connectivity index (χ1n) is 7.70. The van der Waals surface area contributed by atoms with Crippen molar-refractivity contribution in [3.05, 3.63) is 0 Å². The summed E-state index contributed by atoms with van der Waals surface area (Å²) in [4.78, 5) is 38.7. The van der Waals surface area contributed by atoms with Crippen LogP contribution in [0.25, 0.3) is 0 Å². The Bertz CT molecular complexity index is 399. The van der Waals surface area contributed by atoms with Crippen molar-refractivity contribution in [1.82, 2.24) is 5.06 Å². The van der Waals surface area contributed by atoms with Gasteiger partial charge in [-0.05, 0) is 12.8 Å². The lowest BCUT2D eigenvalue weighted by Crippen LogP contribution is -2.34. The second-order valence-corrected chi connectivity index (χ2v) is 4.96. The average Bonchev–Trinajstić information content (AvgIpc) is 2.88. The molecule has 0 bridgehead atoms. The van der Waals surface area contributed by atoms with Crippen LogP contribution in [0.5, 0.6) is 0 Å². The zero-order valence-electron chi connectivity index (χ0n) is 13.3. The second-order valence-electron chi connectivity index (χ2n) is 4.96. The minimum absolute atomic E-state index is 0.00228. The summed E-state index contributed by atoms with van der Waals surface area (Å²) in [7, 11) is 0. The van der Waals surface area contributed by atoms with Gasteiger partial charge in [-0.25, -0.2) is 4.79 Å². The first kappa shape index (κ1) is 20.3. The average molecular weight is 349 g/mol. The topological polar surface area (TPSA) is 132 Å². The fourth-order valence-corrected chi connectivity index (χ4v) is 1.76. The summed E-state index contributed by atoms with van der Waals surface area (Å²) in [5, 5.41) is 17.8. The summed E-state index contributed by atoms with van der Waals surface area (Å²) in [6.45, 7) is 0.417. The van der Waals surface area contributed by atoms with Crippen LogP contribution in [0.2, 0.25) is 0 Å². The Balaban J connectivity index is 2.33. The highest BCUT2D eigenvalue weighted by atomic mass is 16.8. The molecule has 0 spiro atoms. The summed E-state index contributed by atoms with van der Waals surface area (Å²) in [6, 6.07) is 0. The lowest BCUT2D eigenvalue weighted by molar-refractivity contribution is -0.178. The Morgan fingerprint density at radius 3 is 2.29 bits per heavy atom. The standard InChI is InChI=1S/C14H23NO9/c16-5-1-7-21-9-11(22-8-2-6-17)10-23-14(20)24-15-12(18)3-4-13(15)19/h11,16-17H,1-10H2. The number of aliphatic hydroxyl groups excluding tert-OH is 2. The minimum atomic E-state index is -1.19. The van der Waals surface area contributed by atoms with Gasteiger partial charge in [0.2, 0.25) is 0 Å². The molecule has 138 valence electrons. The number of hydroxylamine groups is 2. The van der Waals surface area contributed by atoms with E-state index in [0.717, 1.165) is 0 Å². The highest BCUT2D eigenvalue weighted by Gasteiger charge is 2.33. The smallest absolute Gasteiger partial charge is 0.430 e. The van der Waals surface area contributed by atoms with E-state index in [1.807, 2.05) is 0 Å². The molecule has 10 nitrogen and oxygen atoms in total. The molecular weight excluding hydrogens is 326 g/mol. The van der Waals surface area contributed by atoms with E-state index in [4.69, 9.17) is 24.4 Å². The summed E-state index contributed by atoms with van der Waals surface area (Å²) < 4.78 is 15.5. The zero-order valence-corrected chi connectivity index (χ0v) is 13.3. The van der Waals surface area contributed by atoms with Crippen molar-refractivity contribution in [2.45, 2.75) is 31.8 Å². The van der Waals surface area contributed by atoms with Crippen molar-refractivity contribution in [2.75, 3.05) is 39.6 Å². The molecule has 1 saturated heterocycles. The van der Waals surface area contributed by atoms with Gasteiger partial charge in [0.1, 0.15) is 12.7 Å². The predicted molar refractivity (Wildman–Crippen MR) is 77.5 cm³/mol. The van der Waals surface area contributed by atoms with Crippen molar-refractivity contribution in [1.29, 1.82) is 0 Å². The summed E-state index contributed by atoms with van der Waals surface area (Å²) in [5.74, 6) is -1.19. The molecule has 2 amide bonds. The highest BCUT2D eigenvalue weighted by Crippen LogP contribution is 2.12. The number of amides is 2. The van der Waals surface area contributed by atoms with E-state index in [-0.39, 0.29) is 45.9 Å². The Kier molecular flexibility index (Phi) is 9.92. The summed E-state index contributed by atoms with van der Waals surface area (Å²) in [6.07, 6.45) is -0.924. The lowest BCUT2D eigenvalue weighted by Gasteiger charge is -2.18. The first-order valence-corrected chi connectivity index (χ1v) is 7.70. The van der Waals surface area contributed by atoms with Crippen LogP contribution < -0.4 is 0 Å². The van der Waals surface area contributed by atoms with Crippen LogP contribution in [0.15, 0.2) is 0 Å². The monoisotopic (exact) mass is 349 g/mol.